The quantitative estimate of drug-likeness (QED) is 0.723. The minimum Gasteiger partial charge on any atom is -0.494 e. The minimum atomic E-state index is -0.493. The number of anilines is 1. The van der Waals surface area contributed by atoms with Crippen molar-refractivity contribution in [3.05, 3.63) is 83.2 Å². The van der Waals surface area contributed by atoms with Crippen molar-refractivity contribution in [2.45, 2.75) is 6.54 Å². The normalized spacial score (nSPS) is 12.3. The zero-order chi connectivity index (χ0) is 19.7. The maximum atomic E-state index is 14.8. The van der Waals surface area contributed by atoms with Crippen LogP contribution in [0.15, 0.2) is 60.7 Å². The van der Waals surface area contributed by atoms with E-state index in [0.717, 1.165) is 0 Å². The lowest BCUT2D eigenvalue weighted by molar-refractivity contribution is 0.0966. The molecule has 3 aromatic rings. The Balaban J connectivity index is 1.78. The van der Waals surface area contributed by atoms with Crippen LogP contribution in [0.1, 0.15) is 26.3 Å². The van der Waals surface area contributed by atoms with Gasteiger partial charge in [-0.15, -0.1) is 0 Å². The zero-order valence-corrected chi connectivity index (χ0v) is 15.1. The second-order valence-electron chi connectivity index (χ2n) is 6.34. The smallest absolute Gasteiger partial charge is 0.255 e. The predicted molar refractivity (Wildman–Crippen MR) is 104 cm³/mol. The van der Waals surface area contributed by atoms with Crippen molar-refractivity contribution in [1.29, 1.82) is 0 Å². The van der Waals surface area contributed by atoms with E-state index in [9.17, 15) is 14.0 Å². The molecule has 0 unspecified atom stereocenters. The summed E-state index contributed by atoms with van der Waals surface area (Å²) in [5.41, 5.74) is 2.80. The van der Waals surface area contributed by atoms with E-state index in [4.69, 9.17) is 4.74 Å². The van der Waals surface area contributed by atoms with Crippen molar-refractivity contribution >= 4 is 17.5 Å². The predicted octanol–water partition coefficient (Wildman–Crippen LogP) is 4.00. The maximum absolute atomic E-state index is 14.8. The van der Waals surface area contributed by atoms with Crippen molar-refractivity contribution in [1.82, 2.24) is 5.32 Å². The molecule has 1 aliphatic heterocycles. The van der Waals surface area contributed by atoms with E-state index in [2.05, 4.69) is 10.6 Å². The number of hydrogen-bond acceptors (Lipinski definition) is 3. The lowest BCUT2D eigenvalue weighted by Crippen LogP contribution is -2.17. The molecular weight excluding hydrogens is 359 g/mol. The highest BCUT2D eigenvalue weighted by Crippen LogP contribution is 2.37. The van der Waals surface area contributed by atoms with Gasteiger partial charge in [-0.2, -0.15) is 0 Å². The van der Waals surface area contributed by atoms with E-state index in [1.165, 1.54) is 13.2 Å². The number of ether oxygens (including phenoxy) is 1. The van der Waals surface area contributed by atoms with Gasteiger partial charge < -0.3 is 15.4 Å². The van der Waals surface area contributed by atoms with Crippen LogP contribution in [0.3, 0.4) is 0 Å². The van der Waals surface area contributed by atoms with Crippen LogP contribution in [0.25, 0.3) is 11.1 Å². The highest BCUT2D eigenvalue weighted by atomic mass is 19.1. The topological polar surface area (TPSA) is 67.4 Å². The van der Waals surface area contributed by atoms with Crippen molar-refractivity contribution in [3.8, 4) is 16.9 Å². The second-order valence-corrected chi connectivity index (χ2v) is 6.34. The van der Waals surface area contributed by atoms with E-state index in [-0.39, 0.29) is 24.1 Å². The second kappa shape index (κ2) is 7.15. The number of fused-ring (bicyclic) bond motifs is 1. The van der Waals surface area contributed by atoms with Gasteiger partial charge in [-0.25, -0.2) is 4.39 Å². The third-order valence-electron chi connectivity index (χ3n) is 4.72. The third-order valence-corrected chi connectivity index (χ3v) is 4.72. The maximum Gasteiger partial charge on any atom is 0.255 e. The Bertz CT molecular complexity index is 1080. The molecular formula is C22H17FN2O3. The molecule has 1 aliphatic rings. The fourth-order valence-electron chi connectivity index (χ4n) is 3.36. The Morgan fingerprint density at radius 3 is 2.57 bits per heavy atom. The van der Waals surface area contributed by atoms with Crippen LogP contribution in [-0.2, 0) is 6.54 Å². The Kier molecular flexibility index (Phi) is 4.53. The summed E-state index contributed by atoms with van der Waals surface area (Å²) in [7, 11) is 1.40. The molecule has 28 heavy (non-hydrogen) atoms. The molecule has 0 radical (unpaired) electrons. The van der Waals surface area contributed by atoms with E-state index in [0.29, 0.717) is 33.5 Å². The van der Waals surface area contributed by atoms with E-state index >= 15 is 0 Å². The Morgan fingerprint density at radius 1 is 1.04 bits per heavy atom. The summed E-state index contributed by atoms with van der Waals surface area (Å²) in [5.74, 6) is -0.982. The van der Waals surface area contributed by atoms with E-state index in [1.807, 2.05) is 6.07 Å². The number of rotatable bonds is 4. The van der Waals surface area contributed by atoms with Crippen molar-refractivity contribution < 1.29 is 18.7 Å². The molecule has 3 aromatic carbocycles. The summed E-state index contributed by atoms with van der Waals surface area (Å²) >= 11 is 0. The number of benzene rings is 3. The Morgan fingerprint density at radius 2 is 1.82 bits per heavy atom. The summed E-state index contributed by atoms with van der Waals surface area (Å²) < 4.78 is 19.8. The van der Waals surface area contributed by atoms with Gasteiger partial charge in [0.05, 0.1) is 18.4 Å². The first-order valence-electron chi connectivity index (χ1n) is 8.73. The van der Waals surface area contributed by atoms with Crippen molar-refractivity contribution in [3.63, 3.8) is 0 Å². The van der Waals surface area contributed by atoms with E-state index < -0.39 is 5.82 Å². The summed E-state index contributed by atoms with van der Waals surface area (Å²) in [4.78, 5) is 24.9. The standard InChI is InChI=1S/C22H17FN2O3/c1-28-18-9-5-8-15(20(18)23)14-10-11-17(19-16(14)12-24-22(19)27)25-21(26)13-6-3-2-4-7-13/h2-11H,12H2,1H3,(H,24,27)(H,25,26). The van der Waals surface area contributed by atoms with Gasteiger partial charge in [-0.1, -0.05) is 36.4 Å². The highest BCUT2D eigenvalue weighted by Gasteiger charge is 2.28. The number of carbonyl (C=O) groups excluding carboxylic acids is 2. The van der Waals surface area contributed by atoms with Gasteiger partial charge in [-0.05, 0) is 35.4 Å². The third kappa shape index (κ3) is 2.99. The largest absolute Gasteiger partial charge is 0.494 e. The molecule has 140 valence electrons. The number of nitrogens with one attached hydrogen (secondary N) is 2. The molecule has 2 amide bonds. The molecule has 0 atom stereocenters. The average molecular weight is 376 g/mol. The molecule has 5 nitrogen and oxygen atoms in total. The molecule has 6 heteroatoms. The van der Waals surface area contributed by atoms with Gasteiger partial charge >= 0.3 is 0 Å². The van der Waals surface area contributed by atoms with Gasteiger partial charge in [0.15, 0.2) is 11.6 Å². The molecule has 0 aromatic heterocycles. The summed E-state index contributed by atoms with van der Waals surface area (Å²) in [5, 5.41) is 5.54. The number of halogens is 1. The number of carbonyl (C=O) groups is 2. The highest BCUT2D eigenvalue weighted by molar-refractivity contribution is 6.11. The van der Waals surface area contributed by atoms with Gasteiger partial charge in [0.1, 0.15) is 0 Å². The first-order valence-corrected chi connectivity index (χ1v) is 8.73. The Labute approximate surface area is 161 Å². The molecule has 0 bridgehead atoms. The average Bonchev–Trinajstić information content (AvgIpc) is 3.11. The van der Waals surface area contributed by atoms with Crippen LogP contribution in [0.5, 0.6) is 5.75 Å². The van der Waals surface area contributed by atoms with Crippen LogP contribution < -0.4 is 15.4 Å². The van der Waals surface area contributed by atoms with Gasteiger partial charge in [0, 0.05) is 17.7 Å². The van der Waals surface area contributed by atoms with Crippen molar-refractivity contribution in [2.75, 3.05) is 12.4 Å². The molecule has 0 saturated heterocycles. The van der Waals surface area contributed by atoms with Gasteiger partial charge in [0.2, 0.25) is 0 Å². The molecule has 2 N–H and O–H groups in total. The first-order chi connectivity index (χ1) is 13.6. The monoisotopic (exact) mass is 376 g/mol. The Hall–Kier alpha value is -3.67. The molecule has 0 fully saturated rings. The summed E-state index contributed by atoms with van der Waals surface area (Å²) in [6.45, 7) is 0.259. The van der Waals surface area contributed by atoms with Crippen LogP contribution in [0.2, 0.25) is 0 Å². The number of methoxy groups -OCH3 is 1. The van der Waals surface area contributed by atoms with Crippen molar-refractivity contribution in [2.24, 2.45) is 0 Å². The van der Waals surface area contributed by atoms with Crippen LogP contribution in [-0.4, -0.2) is 18.9 Å². The zero-order valence-electron chi connectivity index (χ0n) is 15.1. The van der Waals surface area contributed by atoms with E-state index in [1.54, 1.807) is 48.5 Å². The lowest BCUT2D eigenvalue weighted by atomic mass is 9.95. The lowest BCUT2D eigenvalue weighted by Gasteiger charge is -2.14. The molecule has 0 spiro atoms. The van der Waals surface area contributed by atoms with Crippen LogP contribution in [0, 0.1) is 5.82 Å². The summed E-state index contributed by atoms with van der Waals surface area (Å²) in [6.07, 6.45) is 0. The fourth-order valence-corrected chi connectivity index (χ4v) is 3.36. The van der Waals surface area contributed by atoms with Crippen LogP contribution >= 0.6 is 0 Å². The summed E-state index contributed by atoms with van der Waals surface area (Å²) in [6, 6.07) is 16.9. The molecule has 4 rings (SSSR count). The molecule has 1 heterocycles. The van der Waals surface area contributed by atoms with Gasteiger partial charge in [-0.3, -0.25) is 9.59 Å². The van der Waals surface area contributed by atoms with Crippen LogP contribution in [0.4, 0.5) is 10.1 Å². The minimum absolute atomic E-state index is 0.130. The fraction of sp³-hybridized carbons (Fsp3) is 0.0909. The van der Waals surface area contributed by atoms with Gasteiger partial charge in [0.25, 0.3) is 11.8 Å². The first kappa shape index (κ1) is 17.7. The molecule has 0 saturated carbocycles. The number of amides is 2. The SMILES string of the molecule is COc1cccc(-c2ccc(NC(=O)c3ccccc3)c3c2CNC3=O)c1F. The number of hydrogen-bond donors (Lipinski definition) is 2. The molecule has 0 aliphatic carbocycles.